The maximum atomic E-state index is 12.7. The van der Waals surface area contributed by atoms with E-state index in [-0.39, 0.29) is 5.69 Å². The van der Waals surface area contributed by atoms with Crippen LogP contribution in [0.3, 0.4) is 0 Å². The zero-order chi connectivity index (χ0) is 20.4. The number of aromatic nitrogens is 2. The van der Waals surface area contributed by atoms with Crippen LogP contribution in [0.4, 0.5) is 29.3 Å². The van der Waals surface area contributed by atoms with Gasteiger partial charge in [-0.2, -0.15) is 13.2 Å². The first-order valence-corrected chi connectivity index (χ1v) is 8.90. The van der Waals surface area contributed by atoms with Crippen LogP contribution in [-0.4, -0.2) is 29.2 Å². The number of halogens is 3. The third-order valence-electron chi connectivity index (χ3n) is 4.60. The predicted octanol–water partition coefficient (Wildman–Crippen LogP) is 5.03. The van der Waals surface area contributed by atoms with Gasteiger partial charge in [0.1, 0.15) is 5.65 Å². The van der Waals surface area contributed by atoms with Gasteiger partial charge in [-0.3, -0.25) is 0 Å². The molecule has 1 aliphatic heterocycles. The van der Waals surface area contributed by atoms with E-state index in [1.807, 2.05) is 12.1 Å². The predicted molar refractivity (Wildman–Crippen MR) is 104 cm³/mol. The normalized spacial score (nSPS) is 14.5. The van der Waals surface area contributed by atoms with Gasteiger partial charge in [0, 0.05) is 23.5 Å². The Bertz CT molecular complexity index is 1070. The van der Waals surface area contributed by atoms with Crippen LogP contribution in [0.1, 0.15) is 17.5 Å². The van der Waals surface area contributed by atoms with Crippen LogP contribution < -0.4 is 10.6 Å². The molecule has 150 valence electrons. The number of urea groups is 1. The van der Waals surface area contributed by atoms with E-state index in [1.54, 1.807) is 12.4 Å². The number of hydrogen-bond donors (Lipinski definition) is 3. The number of rotatable bonds is 3. The van der Waals surface area contributed by atoms with Crippen LogP contribution >= 0.6 is 0 Å². The van der Waals surface area contributed by atoms with Gasteiger partial charge in [0.25, 0.3) is 0 Å². The molecule has 1 aliphatic rings. The second-order valence-electron chi connectivity index (χ2n) is 6.49. The molecule has 1 aromatic carbocycles. The number of nitrogens with one attached hydrogen (secondary N) is 3. The fourth-order valence-electron chi connectivity index (χ4n) is 3.22. The summed E-state index contributed by atoms with van der Waals surface area (Å²) in [5.41, 5.74) is 2.68. The quantitative estimate of drug-likeness (QED) is 0.575. The number of ether oxygens (including phenoxy) is 1. The standard InChI is InChI=1S/C20H17F3N4O2/c21-20(22,23)13-1-3-14(4-2-13)26-19(28)27-16-11-25-18-17(16)15(5-8-24-18)12-6-9-29-10-7-12/h1-6,8,11H,7,9-10H2,(H,24,25)(H2,26,27,28). The molecule has 0 spiro atoms. The Morgan fingerprint density at radius 1 is 1.14 bits per heavy atom. The van der Waals surface area contributed by atoms with E-state index in [2.05, 4.69) is 20.6 Å². The topological polar surface area (TPSA) is 79.0 Å². The molecule has 0 unspecified atom stereocenters. The number of benzene rings is 1. The SMILES string of the molecule is O=C(Nc1ccc(C(F)(F)F)cc1)Nc1c[nH]c2nccc(C3=CCOCC3)c12. The van der Waals surface area contributed by atoms with Gasteiger partial charge in [0.2, 0.25) is 0 Å². The summed E-state index contributed by atoms with van der Waals surface area (Å²) >= 11 is 0. The maximum absolute atomic E-state index is 12.7. The van der Waals surface area contributed by atoms with E-state index in [9.17, 15) is 18.0 Å². The Kier molecular flexibility index (Phi) is 4.98. The summed E-state index contributed by atoms with van der Waals surface area (Å²) in [5, 5.41) is 6.04. The lowest BCUT2D eigenvalue weighted by molar-refractivity contribution is -0.137. The minimum atomic E-state index is -4.42. The molecule has 0 aliphatic carbocycles. The average Bonchev–Trinajstić information content (AvgIpc) is 3.11. The number of H-pyrrole nitrogens is 1. The molecular formula is C20H17F3N4O2. The highest BCUT2D eigenvalue weighted by Crippen LogP contribution is 2.33. The van der Waals surface area contributed by atoms with Crippen molar-refractivity contribution in [1.29, 1.82) is 0 Å². The smallest absolute Gasteiger partial charge is 0.377 e. The van der Waals surface area contributed by atoms with Crippen molar-refractivity contribution in [2.45, 2.75) is 12.6 Å². The number of hydrogen-bond acceptors (Lipinski definition) is 3. The molecule has 0 fully saturated rings. The first kappa shape index (κ1) is 19.0. The number of pyridine rings is 1. The number of carbonyl (C=O) groups is 1. The van der Waals surface area contributed by atoms with Crippen molar-refractivity contribution in [2.75, 3.05) is 23.8 Å². The van der Waals surface area contributed by atoms with Gasteiger partial charge in [0.15, 0.2) is 0 Å². The maximum Gasteiger partial charge on any atom is 0.416 e. The molecule has 9 heteroatoms. The summed E-state index contributed by atoms with van der Waals surface area (Å²) in [5.74, 6) is 0. The summed E-state index contributed by atoms with van der Waals surface area (Å²) in [7, 11) is 0. The highest BCUT2D eigenvalue weighted by Gasteiger charge is 2.30. The third-order valence-corrected chi connectivity index (χ3v) is 4.60. The van der Waals surface area contributed by atoms with E-state index in [0.29, 0.717) is 24.5 Å². The van der Waals surface area contributed by atoms with Crippen LogP contribution in [0.2, 0.25) is 0 Å². The van der Waals surface area contributed by atoms with Gasteiger partial charge < -0.3 is 20.4 Å². The summed E-state index contributed by atoms with van der Waals surface area (Å²) in [6.07, 6.45) is 1.65. The first-order valence-electron chi connectivity index (χ1n) is 8.90. The molecule has 3 N–H and O–H groups in total. The van der Waals surface area contributed by atoms with E-state index in [0.717, 1.165) is 35.1 Å². The van der Waals surface area contributed by atoms with Gasteiger partial charge in [-0.1, -0.05) is 6.08 Å². The lowest BCUT2D eigenvalue weighted by Gasteiger charge is -2.15. The average molecular weight is 402 g/mol. The molecule has 4 rings (SSSR count). The van der Waals surface area contributed by atoms with Gasteiger partial charge >= 0.3 is 12.2 Å². The Hall–Kier alpha value is -3.33. The van der Waals surface area contributed by atoms with Crippen molar-refractivity contribution in [3.8, 4) is 0 Å². The van der Waals surface area contributed by atoms with E-state index in [4.69, 9.17) is 4.74 Å². The lowest BCUT2D eigenvalue weighted by Crippen LogP contribution is -2.19. The number of nitrogens with zero attached hydrogens (tertiary/aromatic N) is 1. The van der Waals surface area contributed by atoms with Crippen LogP contribution in [0.15, 0.2) is 48.8 Å². The molecule has 2 aromatic heterocycles. The Labute approximate surface area is 163 Å². The molecule has 29 heavy (non-hydrogen) atoms. The third kappa shape index (κ3) is 4.09. The fraction of sp³-hybridized carbons (Fsp3) is 0.200. The van der Waals surface area contributed by atoms with Crippen molar-refractivity contribution in [2.24, 2.45) is 0 Å². The molecule has 0 saturated carbocycles. The van der Waals surface area contributed by atoms with Crippen LogP contribution in [0.5, 0.6) is 0 Å². The van der Waals surface area contributed by atoms with E-state index < -0.39 is 17.8 Å². The largest absolute Gasteiger partial charge is 0.416 e. The number of carbonyl (C=O) groups excluding carboxylic acids is 1. The first-order chi connectivity index (χ1) is 13.9. The van der Waals surface area contributed by atoms with Crippen LogP contribution in [-0.2, 0) is 10.9 Å². The molecular weight excluding hydrogens is 385 g/mol. The number of amides is 2. The van der Waals surface area contributed by atoms with Crippen LogP contribution in [0, 0.1) is 0 Å². The van der Waals surface area contributed by atoms with Crippen molar-refractivity contribution < 1.29 is 22.7 Å². The van der Waals surface area contributed by atoms with Crippen LogP contribution in [0.25, 0.3) is 16.6 Å². The lowest BCUT2D eigenvalue weighted by atomic mass is 9.99. The fourth-order valence-corrected chi connectivity index (χ4v) is 3.22. The number of aromatic amines is 1. The summed E-state index contributed by atoms with van der Waals surface area (Å²) in [6, 6.07) is 5.56. The molecule has 6 nitrogen and oxygen atoms in total. The van der Waals surface area contributed by atoms with Gasteiger partial charge in [-0.25, -0.2) is 9.78 Å². The minimum absolute atomic E-state index is 0.251. The number of fused-ring (bicyclic) bond motifs is 1. The molecule has 0 radical (unpaired) electrons. The Morgan fingerprint density at radius 2 is 1.93 bits per heavy atom. The molecule has 0 saturated heterocycles. The van der Waals surface area contributed by atoms with E-state index in [1.165, 1.54) is 12.1 Å². The highest BCUT2D eigenvalue weighted by atomic mass is 19.4. The Balaban J connectivity index is 1.55. The molecule has 2 amide bonds. The van der Waals surface area contributed by atoms with Crippen molar-refractivity contribution in [3.63, 3.8) is 0 Å². The second-order valence-corrected chi connectivity index (χ2v) is 6.49. The van der Waals surface area contributed by atoms with E-state index >= 15 is 0 Å². The van der Waals surface area contributed by atoms with Crippen molar-refractivity contribution in [3.05, 3.63) is 59.9 Å². The zero-order valence-corrected chi connectivity index (χ0v) is 15.1. The van der Waals surface area contributed by atoms with Gasteiger partial charge in [0.05, 0.1) is 24.5 Å². The zero-order valence-electron chi connectivity index (χ0n) is 15.1. The molecule has 0 bridgehead atoms. The van der Waals surface area contributed by atoms with Gasteiger partial charge in [-0.05, 0) is 47.9 Å². The van der Waals surface area contributed by atoms with Crippen molar-refractivity contribution >= 4 is 34.0 Å². The number of alkyl halides is 3. The molecule has 3 heterocycles. The Morgan fingerprint density at radius 3 is 2.62 bits per heavy atom. The van der Waals surface area contributed by atoms with Crippen molar-refractivity contribution in [1.82, 2.24) is 9.97 Å². The summed E-state index contributed by atoms with van der Waals surface area (Å²) in [4.78, 5) is 19.7. The monoisotopic (exact) mass is 402 g/mol. The molecule has 3 aromatic rings. The van der Waals surface area contributed by atoms with Gasteiger partial charge in [-0.15, -0.1) is 0 Å². The summed E-state index contributed by atoms with van der Waals surface area (Å²) in [6.45, 7) is 1.15. The molecule has 0 atom stereocenters. The minimum Gasteiger partial charge on any atom is -0.377 e. The number of anilines is 2. The highest BCUT2D eigenvalue weighted by molar-refractivity contribution is 6.08. The second kappa shape index (κ2) is 7.59. The summed E-state index contributed by atoms with van der Waals surface area (Å²) < 4.78 is 43.3.